The first-order chi connectivity index (χ1) is 4.97. The molecule has 1 aliphatic carbocycles. The molecular weight excluding hydrogens is 142 g/mol. The Bertz CT molecular complexity index is 283. The molecule has 50 valence electrons. The van der Waals surface area contributed by atoms with E-state index in [2.05, 4.69) is 23.2 Å². The average Bonchev–Trinajstić information content (AvgIpc) is 2.28. The van der Waals surface area contributed by atoms with Gasteiger partial charge < -0.3 is 0 Å². The van der Waals surface area contributed by atoms with Gasteiger partial charge in [0, 0.05) is 11.3 Å². The third-order valence-electron chi connectivity index (χ3n) is 1.48. The Labute approximate surface area is 63.7 Å². The van der Waals surface area contributed by atoms with Gasteiger partial charge >= 0.3 is 0 Å². The van der Waals surface area contributed by atoms with E-state index in [0.29, 0.717) is 0 Å². The molecule has 0 spiro atoms. The number of aromatic nitrogens is 1. The molecule has 0 radical (unpaired) electrons. The summed E-state index contributed by atoms with van der Waals surface area (Å²) >= 11 is 1.73. The van der Waals surface area contributed by atoms with Gasteiger partial charge in [0.25, 0.3) is 0 Å². The Morgan fingerprint density at radius 3 is 3.40 bits per heavy atom. The molecular formula is C8H7NS. The Hall–Kier alpha value is -0.890. The molecule has 0 amide bonds. The molecule has 0 atom stereocenters. The number of hydrogen-bond acceptors (Lipinski definition) is 2. The molecule has 0 saturated carbocycles. The second-order valence-electron chi connectivity index (χ2n) is 2.15. The van der Waals surface area contributed by atoms with Crippen molar-refractivity contribution in [3.63, 3.8) is 0 Å². The molecule has 0 N–H and O–H groups in total. The van der Waals surface area contributed by atoms with Gasteiger partial charge in [0.15, 0.2) is 0 Å². The van der Waals surface area contributed by atoms with Crippen molar-refractivity contribution in [2.75, 3.05) is 0 Å². The van der Waals surface area contributed by atoms with Crippen LogP contribution in [0.2, 0.25) is 0 Å². The van der Waals surface area contributed by atoms with Crippen LogP contribution in [0.3, 0.4) is 0 Å². The van der Waals surface area contributed by atoms with Crippen molar-refractivity contribution in [1.82, 2.24) is 4.98 Å². The van der Waals surface area contributed by atoms with Crippen molar-refractivity contribution < 1.29 is 0 Å². The summed E-state index contributed by atoms with van der Waals surface area (Å²) in [6.07, 6.45) is 9.34. The van der Waals surface area contributed by atoms with Gasteiger partial charge in [-0.25, -0.2) is 4.98 Å². The zero-order chi connectivity index (χ0) is 6.81. The van der Waals surface area contributed by atoms with Crippen LogP contribution in [0.1, 0.15) is 10.6 Å². The van der Waals surface area contributed by atoms with Crippen LogP contribution in [0.5, 0.6) is 0 Å². The highest BCUT2D eigenvalue weighted by Crippen LogP contribution is 2.17. The molecule has 2 heteroatoms. The topological polar surface area (TPSA) is 12.9 Å². The fourth-order valence-electron chi connectivity index (χ4n) is 0.968. The predicted octanol–water partition coefficient (Wildman–Crippen LogP) is 2.27. The summed E-state index contributed by atoms with van der Waals surface area (Å²) in [6.45, 7) is 0. The summed E-state index contributed by atoms with van der Waals surface area (Å²) in [6, 6.07) is 0. The van der Waals surface area contributed by atoms with E-state index in [1.165, 1.54) is 4.88 Å². The first-order valence-corrected chi connectivity index (χ1v) is 4.10. The summed E-state index contributed by atoms with van der Waals surface area (Å²) in [4.78, 5) is 5.57. The largest absolute Gasteiger partial charge is 0.245 e. The lowest BCUT2D eigenvalue weighted by atomic mass is 10.3. The van der Waals surface area contributed by atoms with Crippen LogP contribution < -0.4 is 0 Å². The average molecular weight is 149 g/mol. The van der Waals surface area contributed by atoms with E-state index < -0.39 is 0 Å². The standard InChI is InChI=1S/C8H7NS/c1-2-4-7-8(5-3-1)10-6-9-7/h1-4,6H,5H2. The predicted molar refractivity (Wildman–Crippen MR) is 44.0 cm³/mol. The van der Waals surface area contributed by atoms with Crippen LogP contribution in [0.4, 0.5) is 0 Å². The van der Waals surface area contributed by atoms with Gasteiger partial charge in [0.1, 0.15) is 0 Å². The maximum atomic E-state index is 4.21. The second-order valence-corrected chi connectivity index (χ2v) is 3.09. The van der Waals surface area contributed by atoms with Crippen molar-refractivity contribution in [2.24, 2.45) is 0 Å². The maximum absolute atomic E-state index is 4.21. The lowest BCUT2D eigenvalue weighted by Gasteiger charge is -1.87. The van der Waals surface area contributed by atoms with E-state index in [0.717, 1.165) is 12.1 Å². The molecule has 1 aromatic rings. The SMILES string of the molecule is C1=CCc2scnc2C=C1. The van der Waals surface area contributed by atoms with E-state index in [1.54, 1.807) is 11.3 Å². The van der Waals surface area contributed by atoms with E-state index in [9.17, 15) is 0 Å². The molecule has 0 bridgehead atoms. The highest BCUT2D eigenvalue weighted by atomic mass is 32.1. The molecule has 0 fully saturated rings. The smallest absolute Gasteiger partial charge is 0.0801 e. The fraction of sp³-hybridized carbons (Fsp3) is 0.125. The van der Waals surface area contributed by atoms with E-state index in [4.69, 9.17) is 0 Å². The van der Waals surface area contributed by atoms with Crippen molar-refractivity contribution in [2.45, 2.75) is 6.42 Å². The number of thiazole rings is 1. The summed E-state index contributed by atoms with van der Waals surface area (Å²) < 4.78 is 0. The molecule has 1 nitrogen and oxygen atoms in total. The van der Waals surface area contributed by atoms with Crippen LogP contribution in [0.15, 0.2) is 23.7 Å². The summed E-state index contributed by atoms with van der Waals surface area (Å²) in [5, 5.41) is 0. The zero-order valence-electron chi connectivity index (χ0n) is 5.45. The number of nitrogens with zero attached hydrogens (tertiary/aromatic N) is 1. The molecule has 0 unspecified atom stereocenters. The van der Waals surface area contributed by atoms with Gasteiger partial charge in [-0.3, -0.25) is 0 Å². The zero-order valence-corrected chi connectivity index (χ0v) is 6.27. The van der Waals surface area contributed by atoms with E-state index in [-0.39, 0.29) is 0 Å². The minimum absolute atomic E-state index is 1.03. The summed E-state index contributed by atoms with van der Waals surface area (Å²) in [7, 11) is 0. The van der Waals surface area contributed by atoms with Crippen LogP contribution in [-0.2, 0) is 6.42 Å². The van der Waals surface area contributed by atoms with Crippen LogP contribution in [-0.4, -0.2) is 4.98 Å². The Morgan fingerprint density at radius 2 is 2.40 bits per heavy atom. The van der Waals surface area contributed by atoms with E-state index in [1.807, 2.05) is 11.6 Å². The molecule has 0 aliphatic heterocycles. The van der Waals surface area contributed by atoms with E-state index >= 15 is 0 Å². The molecule has 1 aliphatic rings. The molecule has 1 heterocycles. The van der Waals surface area contributed by atoms with Gasteiger partial charge in [0.05, 0.1) is 11.2 Å². The van der Waals surface area contributed by atoms with Crippen molar-refractivity contribution in [3.05, 3.63) is 34.3 Å². The maximum Gasteiger partial charge on any atom is 0.0801 e. The lowest BCUT2D eigenvalue weighted by Crippen LogP contribution is -1.77. The molecule has 10 heavy (non-hydrogen) atoms. The molecule has 0 saturated heterocycles. The molecule has 0 aromatic carbocycles. The third kappa shape index (κ3) is 0.907. The highest BCUT2D eigenvalue weighted by molar-refractivity contribution is 7.09. The number of fused-ring (bicyclic) bond motifs is 1. The van der Waals surface area contributed by atoms with Crippen LogP contribution >= 0.6 is 11.3 Å². The van der Waals surface area contributed by atoms with Gasteiger partial charge in [-0.15, -0.1) is 11.3 Å². The second kappa shape index (κ2) is 2.39. The fourth-order valence-corrected chi connectivity index (χ4v) is 1.70. The minimum atomic E-state index is 1.03. The van der Waals surface area contributed by atoms with Gasteiger partial charge in [-0.05, 0) is 6.08 Å². The third-order valence-corrected chi connectivity index (χ3v) is 2.35. The quantitative estimate of drug-likeness (QED) is 0.551. The Kier molecular flexibility index (Phi) is 1.40. The first kappa shape index (κ1) is 5.86. The number of hydrogen-bond donors (Lipinski definition) is 0. The number of rotatable bonds is 0. The number of allylic oxidation sites excluding steroid dienone is 3. The normalized spacial score (nSPS) is 14.8. The molecule has 1 aromatic heterocycles. The lowest BCUT2D eigenvalue weighted by molar-refractivity contribution is 1.27. The molecule has 2 rings (SSSR count). The monoisotopic (exact) mass is 149 g/mol. The minimum Gasteiger partial charge on any atom is -0.245 e. The Balaban J connectivity index is 2.50. The highest BCUT2D eigenvalue weighted by Gasteiger charge is 2.01. The van der Waals surface area contributed by atoms with Crippen molar-refractivity contribution >= 4 is 17.4 Å². The van der Waals surface area contributed by atoms with Crippen molar-refractivity contribution in [1.29, 1.82) is 0 Å². The van der Waals surface area contributed by atoms with Crippen LogP contribution in [0, 0.1) is 0 Å². The summed E-state index contributed by atoms with van der Waals surface area (Å²) in [5.74, 6) is 0. The van der Waals surface area contributed by atoms with Crippen molar-refractivity contribution in [3.8, 4) is 0 Å². The Morgan fingerprint density at radius 1 is 1.40 bits per heavy atom. The van der Waals surface area contributed by atoms with Crippen LogP contribution in [0.25, 0.3) is 6.08 Å². The van der Waals surface area contributed by atoms with Gasteiger partial charge in [-0.1, -0.05) is 18.2 Å². The van der Waals surface area contributed by atoms with Gasteiger partial charge in [0.2, 0.25) is 0 Å². The summed E-state index contributed by atoms with van der Waals surface area (Å²) in [5.41, 5.74) is 3.03. The first-order valence-electron chi connectivity index (χ1n) is 3.22. The van der Waals surface area contributed by atoms with Gasteiger partial charge in [-0.2, -0.15) is 0 Å².